The van der Waals surface area contributed by atoms with Gasteiger partial charge in [0.25, 0.3) is 0 Å². The number of fused-ring (bicyclic) bond motifs is 2. The Balaban J connectivity index is 1.94. The molecule has 0 spiro atoms. The van der Waals surface area contributed by atoms with Gasteiger partial charge in [-0.2, -0.15) is 0 Å². The summed E-state index contributed by atoms with van der Waals surface area (Å²) in [4.78, 5) is 46.9. The summed E-state index contributed by atoms with van der Waals surface area (Å²) in [6.07, 6.45) is -13.0. The Morgan fingerprint density at radius 2 is 1.35 bits per heavy atom. The summed E-state index contributed by atoms with van der Waals surface area (Å²) >= 11 is 0. The molecule has 14 nitrogen and oxygen atoms in total. The molecule has 34 heavy (non-hydrogen) atoms. The maximum Gasteiger partial charge on any atom is 0.303 e. The maximum absolute atomic E-state index is 11.9. The average Bonchev–Trinajstić information content (AvgIpc) is 3.18. The quantitative estimate of drug-likeness (QED) is 0.292. The molecule has 0 aromatic heterocycles. The number of aliphatic hydroxyl groups is 2. The number of ether oxygens (including phenoxy) is 8. The van der Waals surface area contributed by atoms with E-state index < -0.39 is 91.9 Å². The molecule has 3 fully saturated rings. The fourth-order valence-electron chi connectivity index (χ4n) is 3.96. The van der Waals surface area contributed by atoms with E-state index in [4.69, 9.17) is 37.9 Å². The van der Waals surface area contributed by atoms with Crippen LogP contribution in [0, 0.1) is 0 Å². The number of esters is 4. The lowest BCUT2D eigenvalue weighted by Gasteiger charge is -2.46. The van der Waals surface area contributed by atoms with Crippen molar-refractivity contribution in [2.45, 2.75) is 89.1 Å². The second-order valence-corrected chi connectivity index (χ2v) is 8.03. The Hall–Kier alpha value is -2.36. The summed E-state index contributed by atoms with van der Waals surface area (Å²) < 4.78 is 43.4. The van der Waals surface area contributed by atoms with Gasteiger partial charge in [0.2, 0.25) is 0 Å². The van der Waals surface area contributed by atoms with Crippen LogP contribution in [0.1, 0.15) is 27.7 Å². The molecule has 2 bridgehead atoms. The van der Waals surface area contributed by atoms with Gasteiger partial charge < -0.3 is 48.1 Å². The average molecular weight is 492 g/mol. The number of aliphatic hydroxyl groups excluding tert-OH is 2. The standard InChI is InChI=1S/C20H28O14/c1-7(21)27-6-12-15(29-8(2)22)17(30-9(3)23)18(31-10(4)24)20(33-12)34-16-14(26)13(25)11-5-28-19(16)32-11/h11-20,25-26H,5-6H2,1-4H3/t11-,12-,13+,14+,15-,16-,17+,18-,19-,20+/m1/s1. The minimum absolute atomic E-state index is 0.0152. The van der Waals surface area contributed by atoms with Crippen molar-refractivity contribution in [1.82, 2.24) is 0 Å². The number of hydrogen-bond acceptors (Lipinski definition) is 14. The fourth-order valence-corrected chi connectivity index (χ4v) is 3.96. The van der Waals surface area contributed by atoms with Crippen molar-refractivity contribution >= 4 is 23.9 Å². The Kier molecular flexibility index (Phi) is 8.43. The molecule has 3 heterocycles. The zero-order valence-electron chi connectivity index (χ0n) is 19.0. The molecule has 3 aliphatic heterocycles. The first-order valence-electron chi connectivity index (χ1n) is 10.6. The smallest absolute Gasteiger partial charge is 0.303 e. The topological polar surface area (TPSA) is 183 Å². The number of hydrogen-bond donors (Lipinski definition) is 2. The third-order valence-electron chi connectivity index (χ3n) is 5.31. The van der Waals surface area contributed by atoms with Crippen molar-refractivity contribution in [3.05, 3.63) is 0 Å². The summed E-state index contributed by atoms with van der Waals surface area (Å²) in [5, 5.41) is 20.8. The van der Waals surface area contributed by atoms with E-state index in [1.807, 2.05) is 0 Å². The highest BCUT2D eigenvalue weighted by Crippen LogP contribution is 2.35. The predicted molar refractivity (Wildman–Crippen MR) is 103 cm³/mol. The molecule has 10 atom stereocenters. The van der Waals surface area contributed by atoms with E-state index in [2.05, 4.69) is 0 Å². The lowest BCUT2D eigenvalue weighted by Crippen LogP contribution is -2.65. The molecule has 3 aliphatic rings. The molecule has 3 rings (SSSR count). The highest BCUT2D eigenvalue weighted by atomic mass is 16.8. The van der Waals surface area contributed by atoms with Gasteiger partial charge in [-0.1, -0.05) is 0 Å². The predicted octanol–water partition coefficient (Wildman–Crippen LogP) is -2.07. The molecule has 0 saturated carbocycles. The first-order valence-corrected chi connectivity index (χ1v) is 10.6. The van der Waals surface area contributed by atoms with Crippen LogP contribution in [0.5, 0.6) is 0 Å². The summed E-state index contributed by atoms with van der Waals surface area (Å²) in [7, 11) is 0. The Labute approximate surface area is 194 Å². The molecule has 3 saturated heterocycles. The Bertz CT molecular complexity index is 785. The van der Waals surface area contributed by atoms with Crippen LogP contribution < -0.4 is 0 Å². The van der Waals surface area contributed by atoms with Gasteiger partial charge in [-0.3, -0.25) is 19.2 Å². The van der Waals surface area contributed by atoms with E-state index in [-0.39, 0.29) is 6.61 Å². The summed E-state index contributed by atoms with van der Waals surface area (Å²) in [5.74, 6) is -3.05. The van der Waals surface area contributed by atoms with Crippen LogP contribution in [0.2, 0.25) is 0 Å². The molecule has 0 radical (unpaired) electrons. The molecule has 192 valence electrons. The lowest BCUT2D eigenvalue weighted by atomic mass is 9.97. The molecule has 14 heteroatoms. The number of carbonyl (C=O) groups is 4. The van der Waals surface area contributed by atoms with Gasteiger partial charge >= 0.3 is 23.9 Å². The van der Waals surface area contributed by atoms with Crippen LogP contribution in [0.3, 0.4) is 0 Å². The lowest BCUT2D eigenvalue weighted by molar-refractivity contribution is -0.347. The summed E-state index contributed by atoms with van der Waals surface area (Å²) in [5.41, 5.74) is 0. The molecular weight excluding hydrogens is 464 g/mol. The Morgan fingerprint density at radius 3 is 1.94 bits per heavy atom. The molecule has 2 N–H and O–H groups in total. The first-order chi connectivity index (χ1) is 16.0. The second-order valence-electron chi connectivity index (χ2n) is 8.03. The SMILES string of the molecule is CC(=O)OC[C@H]1O[C@@H](O[C@H]2[C@@H]3OC[C@@H](O3)[C@H](O)[C@@H]2O)[C@H](OC(C)=O)[C@@H](OC(C)=O)[C@@H]1OC(C)=O. The molecule has 0 aromatic carbocycles. The van der Waals surface area contributed by atoms with E-state index in [9.17, 15) is 29.4 Å². The molecule has 0 aromatic rings. The monoisotopic (exact) mass is 492 g/mol. The molecule has 0 unspecified atom stereocenters. The molecule has 0 aliphatic carbocycles. The molecule has 0 amide bonds. The van der Waals surface area contributed by atoms with Crippen molar-refractivity contribution in [3.63, 3.8) is 0 Å². The van der Waals surface area contributed by atoms with Gasteiger partial charge in [0, 0.05) is 27.7 Å². The van der Waals surface area contributed by atoms with Crippen LogP contribution in [0.25, 0.3) is 0 Å². The number of carbonyl (C=O) groups excluding carboxylic acids is 4. The van der Waals surface area contributed by atoms with Crippen LogP contribution >= 0.6 is 0 Å². The van der Waals surface area contributed by atoms with E-state index in [1.165, 1.54) is 0 Å². The summed E-state index contributed by atoms with van der Waals surface area (Å²) in [6.45, 7) is 3.99. The zero-order valence-corrected chi connectivity index (χ0v) is 19.0. The van der Waals surface area contributed by atoms with Gasteiger partial charge in [0.1, 0.15) is 37.1 Å². The van der Waals surface area contributed by atoms with Gasteiger partial charge in [0.05, 0.1) is 6.61 Å². The van der Waals surface area contributed by atoms with E-state index in [1.54, 1.807) is 0 Å². The normalized spacial score (nSPS) is 39.1. The van der Waals surface area contributed by atoms with Crippen molar-refractivity contribution in [1.29, 1.82) is 0 Å². The summed E-state index contributed by atoms with van der Waals surface area (Å²) in [6, 6.07) is 0. The Morgan fingerprint density at radius 1 is 0.765 bits per heavy atom. The van der Waals surface area contributed by atoms with Crippen LogP contribution in [0.15, 0.2) is 0 Å². The zero-order chi connectivity index (χ0) is 25.2. The minimum Gasteiger partial charge on any atom is -0.463 e. The third-order valence-corrected chi connectivity index (χ3v) is 5.31. The van der Waals surface area contributed by atoms with Crippen molar-refractivity contribution in [2.75, 3.05) is 13.2 Å². The highest BCUT2D eigenvalue weighted by Gasteiger charge is 2.56. The van der Waals surface area contributed by atoms with Crippen molar-refractivity contribution in [2.24, 2.45) is 0 Å². The van der Waals surface area contributed by atoms with Gasteiger partial charge in [-0.25, -0.2) is 0 Å². The fraction of sp³-hybridized carbons (Fsp3) is 0.800. The first kappa shape index (κ1) is 26.2. The van der Waals surface area contributed by atoms with Gasteiger partial charge in [0.15, 0.2) is 30.9 Å². The van der Waals surface area contributed by atoms with Gasteiger partial charge in [-0.05, 0) is 0 Å². The van der Waals surface area contributed by atoms with Crippen LogP contribution in [-0.4, -0.2) is 109 Å². The highest BCUT2D eigenvalue weighted by molar-refractivity contribution is 5.68. The van der Waals surface area contributed by atoms with Gasteiger partial charge in [-0.15, -0.1) is 0 Å². The third kappa shape index (κ3) is 6.00. The molecular formula is C20H28O14. The second kappa shape index (κ2) is 10.9. The van der Waals surface area contributed by atoms with E-state index in [0.29, 0.717) is 0 Å². The number of rotatable bonds is 7. The minimum atomic E-state index is -1.54. The maximum atomic E-state index is 11.9. The largest absolute Gasteiger partial charge is 0.463 e. The van der Waals surface area contributed by atoms with E-state index in [0.717, 1.165) is 27.7 Å². The van der Waals surface area contributed by atoms with Crippen molar-refractivity contribution < 1.29 is 67.3 Å². The van der Waals surface area contributed by atoms with Crippen LogP contribution in [0.4, 0.5) is 0 Å². The van der Waals surface area contributed by atoms with Crippen molar-refractivity contribution in [3.8, 4) is 0 Å². The van der Waals surface area contributed by atoms with Crippen LogP contribution in [-0.2, 0) is 57.1 Å². The van der Waals surface area contributed by atoms with E-state index >= 15 is 0 Å².